The third-order valence-corrected chi connectivity index (χ3v) is 5.69. The molecule has 3 rings (SSSR count). The van der Waals surface area contributed by atoms with Gasteiger partial charge in [0.2, 0.25) is 5.91 Å². The quantitative estimate of drug-likeness (QED) is 0.147. The van der Waals surface area contributed by atoms with Crippen molar-refractivity contribution in [3.05, 3.63) is 101 Å². The molecule has 196 valence electrons. The van der Waals surface area contributed by atoms with Gasteiger partial charge < -0.3 is 21.1 Å². The number of carbonyl (C=O) groups excluding carboxylic acids is 3. The first-order chi connectivity index (χ1) is 18.3. The minimum absolute atomic E-state index is 0.140. The number of aliphatic hydroxyl groups excluding tert-OH is 1. The van der Waals surface area contributed by atoms with E-state index >= 15 is 0 Å². The SMILES string of the molecule is Cc1ccccc1CNCC(=O)Nc1ccc(C#Cc2ccc(C(=O)N[C@H](C(=O)NO)[C@@H](C)O)cc2)cc1. The van der Waals surface area contributed by atoms with Crippen LogP contribution in [0.15, 0.2) is 72.8 Å². The maximum atomic E-state index is 12.4. The molecule has 0 fully saturated rings. The summed E-state index contributed by atoms with van der Waals surface area (Å²) in [6, 6.07) is 20.3. The van der Waals surface area contributed by atoms with E-state index in [4.69, 9.17) is 5.21 Å². The van der Waals surface area contributed by atoms with Crippen LogP contribution >= 0.6 is 0 Å². The van der Waals surface area contributed by atoms with Crippen molar-refractivity contribution in [1.82, 2.24) is 16.1 Å². The van der Waals surface area contributed by atoms with E-state index in [1.165, 1.54) is 18.0 Å². The Morgan fingerprint density at radius 2 is 1.50 bits per heavy atom. The van der Waals surface area contributed by atoms with Gasteiger partial charge >= 0.3 is 0 Å². The zero-order valence-electron chi connectivity index (χ0n) is 21.1. The van der Waals surface area contributed by atoms with E-state index in [2.05, 4.69) is 27.8 Å². The van der Waals surface area contributed by atoms with Crippen molar-refractivity contribution in [3.63, 3.8) is 0 Å². The van der Waals surface area contributed by atoms with Crippen LogP contribution in [-0.4, -0.2) is 46.7 Å². The molecule has 38 heavy (non-hydrogen) atoms. The molecule has 2 atom stereocenters. The minimum atomic E-state index is -1.30. The highest BCUT2D eigenvalue weighted by Gasteiger charge is 2.25. The van der Waals surface area contributed by atoms with E-state index in [1.807, 2.05) is 31.2 Å². The molecule has 0 aromatic heterocycles. The summed E-state index contributed by atoms with van der Waals surface area (Å²) in [5, 5.41) is 26.8. The number of benzene rings is 3. The Hall–Kier alpha value is -4.49. The molecule has 3 aromatic carbocycles. The van der Waals surface area contributed by atoms with Gasteiger partial charge in [-0.1, -0.05) is 36.1 Å². The lowest BCUT2D eigenvalue weighted by Crippen LogP contribution is -2.51. The van der Waals surface area contributed by atoms with Gasteiger partial charge in [0.05, 0.1) is 12.6 Å². The van der Waals surface area contributed by atoms with Crippen LogP contribution in [0.1, 0.15) is 39.5 Å². The van der Waals surface area contributed by atoms with Crippen LogP contribution in [0.25, 0.3) is 0 Å². The Labute approximate surface area is 221 Å². The number of amides is 3. The van der Waals surface area contributed by atoms with E-state index in [9.17, 15) is 19.5 Å². The van der Waals surface area contributed by atoms with Gasteiger partial charge in [0.25, 0.3) is 11.8 Å². The van der Waals surface area contributed by atoms with Crippen molar-refractivity contribution in [3.8, 4) is 11.8 Å². The lowest BCUT2D eigenvalue weighted by atomic mass is 10.1. The van der Waals surface area contributed by atoms with Gasteiger partial charge in [-0.05, 0) is 73.5 Å². The highest BCUT2D eigenvalue weighted by molar-refractivity contribution is 5.97. The zero-order valence-corrected chi connectivity index (χ0v) is 21.1. The summed E-state index contributed by atoms with van der Waals surface area (Å²) in [7, 11) is 0. The van der Waals surface area contributed by atoms with Crippen molar-refractivity contribution in [2.45, 2.75) is 32.5 Å². The van der Waals surface area contributed by atoms with E-state index in [0.29, 0.717) is 17.8 Å². The minimum Gasteiger partial charge on any atom is -0.391 e. The number of hydrogen-bond acceptors (Lipinski definition) is 6. The number of aryl methyl sites for hydroxylation is 1. The second kappa shape index (κ2) is 13.7. The molecule has 0 saturated carbocycles. The smallest absolute Gasteiger partial charge is 0.268 e. The number of aliphatic hydroxyl groups is 1. The molecule has 3 aromatic rings. The maximum absolute atomic E-state index is 12.4. The maximum Gasteiger partial charge on any atom is 0.268 e. The second-order valence-electron chi connectivity index (χ2n) is 8.65. The molecule has 9 heteroatoms. The average molecular weight is 515 g/mol. The molecular weight excluding hydrogens is 484 g/mol. The Balaban J connectivity index is 1.51. The third kappa shape index (κ3) is 8.28. The van der Waals surface area contributed by atoms with Crippen LogP contribution in [-0.2, 0) is 16.1 Å². The standard InChI is InChI=1S/C29H30N4O5/c1-19-5-3-4-6-24(19)17-30-18-26(35)31-25-15-11-22(12-16-25)8-7-21-9-13-23(14-10-21)28(36)32-27(20(2)34)29(37)33-38/h3-6,9-16,20,27,30,34,38H,17-18H2,1-2H3,(H,31,35)(H,32,36)(H,33,37)/t20-,27+/m1/s1. The van der Waals surface area contributed by atoms with Crippen LogP contribution in [0.5, 0.6) is 0 Å². The fourth-order valence-electron chi connectivity index (χ4n) is 3.51. The number of anilines is 1. The molecule has 0 unspecified atom stereocenters. The number of nitrogens with one attached hydrogen (secondary N) is 4. The normalized spacial score (nSPS) is 11.9. The van der Waals surface area contributed by atoms with Gasteiger partial charge in [-0.25, -0.2) is 5.48 Å². The number of hydrogen-bond donors (Lipinski definition) is 6. The molecule has 0 radical (unpaired) electrons. The van der Waals surface area contributed by atoms with Gasteiger partial charge in [-0.3, -0.25) is 19.6 Å². The average Bonchev–Trinajstić information content (AvgIpc) is 2.92. The van der Waals surface area contributed by atoms with Crippen molar-refractivity contribution in [1.29, 1.82) is 0 Å². The Morgan fingerprint density at radius 3 is 2.08 bits per heavy atom. The molecule has 0 heterocycles. The molecule has 0 spiro atoms. The van der Waals surface area contributed by atoms with Crippen molar-refractivity contribution < 1.29 is 24.7 Å². The first kappa shape index (κ1) is 28.1. The van der Waals surface area contributed by atoms with Crippen LogP contribution in [0.3, 0.4) is 0 Å². The van der Waals surface area contributed by atoms with Crippen molar-refractivity contribution in [2.24, 2.45) is 0 Å². The predicted octanol–water partition coefficient (Wildman–Crippen LogP) is 2.11. The van der Waals surface area contributed by atoms with Gasteiger partial charge in [0, 0.05) is 28.9 Å². The first-order valence-electron chi connectivity index (χ1n) is 12.0. The van der Waals surface area contributed by atoms with Gasteiger partial charge in [0.15, 0.2) is 0 Å². The summed E-state index contributed by atoms with van der Waals surface area (Å²) in [5.74, 6) is 4.39. The Kier molecular flexibility index (Phi) is 10.1. The molecule has 6 N–H and O–H groups in total. The molecule has 0 saturated heterocycles. The predicted molar refractivity (Wildman–Crippen MR) is 143 cm³/mol. The van der Waals surface area contributed by atoms with Crippen LogP contribution in [0.2, 0.25) is 0 Å². The molecule has 0 bridgehead atoms. The van der Waals surface area contributed by atoms with Gasteiger partial charge in [-0.15, -0.1) is 0 Å². The van der Waals surface area contributed by atoms with E-state index in [0.717, 1.165) is 11.1 Å². The molecular formula is C29H30N4O5. The summed E-state index contributed by atoms with van der Waals surface area (Å²) in [6.07, 6.45) is -1.20. The lowest BCUT2D eigenvalue weighted by Gasteiger charge is -2.19. The molecule has 0 aliphatic heterocycles. The molecule has 0 aliphatic rings. The van der Waals surface area contributed by atoms with Crippen LogP contribution in [0, 0.1) is 18.8 Å². The van der Waals surface area contributed by atoms with E-state index in [-0.39, 0.29) is 18.0 Å². The summed E-state index contributed by atoms with van der Waals surface area (Å²) in [4.78, 5) is 36.2. The number of hydroxylamine groups is 1. The van der Waals surface area contributed by atoms with Gasteiger partial charge in [-0.2, -0.15) is 0 Å². The zero-order chi connectivity index (χ0) is 27.5. The fourth-order valence-corrected chi connectivity index (χ4v) is 3.51. The lowest BCUT2D eigenvalue weighted by molar-refractivity contribution is -0.133. The van der Waals surface area contributed by atoms with Crippen LogP contribution < -0.4 is 21.4 Å². The number of rotatable bonds is 9. The summed E-state index contributed by atoms with van der Waals surface area (Å²) < 4.78 is 0. The third-order valence-electron chi connectivity index (χ3n) is 5.69. The van der Waals surface area contributed by atoms with Gasteiger partial charge in [0.1, 0.15) is 6.04 Å². The van der Waals surface area contributed by atoms with Crippen LogP contribution in [0.4, 0.5) is 5.69 Å². The highest BCUT2D eigenvalue weighted by Crippen LogP contribution is 2.10. The fraction of sp³-hybridized carbons (Fsp3) is 0.207. The first-order valence-corrected chi connectivity index (χ1v) is 12.0. The van der Waals surface area contributed by atoms with Crippen molar-refractivity contribution >= 4 is 23.4 Å². The molecule has 9 nitrogen and oxygen atoms in total. The summed E-state index contributed by atoms with van der Waals surface area (Å²) >= 11 is 0. The largest absolute Gasteiger partial charge is 0.391 e. The van der Waals surface area contributed by atoms with Crippen molar-refractivity contribution in [2.75, 3.05) is 11.9 Å². The molecule has 3 amide bonds. The Bertz CT molecular complexity index is 1330. The summed E-state index contributed by atoms with van der Waals surface area (Å²) in [6.45, 7) is 4.17. The topological polar surface area (TPSA) is 140 Å². The Morgan fingerprint density at radius 1 is 0.895 bits per heavy atom. The number of carbonyl (C=O) groups is 3. The summed E-state index contributed by atoms with van der Waals surface area (Å²) in [5.41, 5.74) is 6.09. The van der Waals surface area contributed by atoms with E-state index in [1.54, 1.807) is 48.5 Å². The molecule has 0 aliphatic carbocycles. The highest BCUT2D eigenvalue weighted by atomic mass is 16.5. The monoisotopic (exact) mass is 514 g/mol. The second-order valence-corrected chi connectivity index (χ2v) is 8.65. The van der Waals surface area contributed by atoms with E-state index < -0.39 is 24.0 Å².